The average Bonchev–Trinajstić information content (AvgIpc) is 2.66. The summed E-state index contributed by atoms with van der Waals surface area (Å²) in [6.45, 7) is 2.72. The molecule has 0 unspecified atom stereocenters. The number of aryl methyl sites for hydroxylation is 1. The van der Waals surface area contributed by atoms with Crippen molar-refractivity contribution in [3.05, 3.63) is 45.9 Å². The quantitative estimate of drug-likeness (QED) is 0.801. The Morgan fingerprint density at radius 1 is 1.38 bits per heavy atom. The zero-order chi connectivity index (χ0) is 11.5. The summed E-state index contributed by atoms with van der Waals surface area (Å²) in [4.78, 5) is 1.23. The van der Waals surface area contributed by atoms with E-state index in [1.807, 2.05) is 12.3 Å². The van der Waals surface area contributed by atoms with E-state index >= 15 is 0 Å². The lowest BCUT2D eigenvalue weighted by atomic mass is 10.2. The first-order chi connectivity index (χ1) is 7.66. The Balaban J connectivity index is 2.05. The van der Waals surface area contributed by atoms with E-state index in [2.05, 4.69) is 11.4 Å². The van der Waals surface area contributed by atoms with Crippen molar-refractivity contribution in [1.82, 2.24) is 0 Å². The molecule has 0 bridgehead atoms. The van der Waals surface area contributed by atoms with Crippen molar-refractivity contribution in [2.24, 2.45) is 0 Å². The van der Waals surface area contributed by atoms with Crippen LogP contribution in [0.5, 0.6) is 5.75 Å². The summed E-state index contributed by atoms with van der Waals surface area (Å²) in [5.41, 5.74) is 1.90. The van der Waals surface area contributed by atoms with Crippen LogP contribution in [0.1, 0.15) is 10.4 Å². The van der Waals surface area contributed by atoms with Gasteiger partial charge in [0.1, 0.15) is 0 Å². The molecule has 1 aromatic heterocycles. The van der Waals surface area contributed by atoms with E-state index in [4.69, 9.17) is 5.11 Å². The predicted octanol–water partition coefficient (Wildman–Crippen LogP) is 3.51. The van der Waals surface area contributed by atoms with Crippen molar-refractivity contribution in [2.45, 2.75) is 13.5 Å². The van der Waals surface area contributed by atoms with Crippen LogP contribution in [0, 0.1) is 12.7 Å². The molecule has 84 valence electrons. The minimum atomic E-state index is -0.604. The first-order valence-electron chi connectivity index (χ1n) is 4.92. The Bertz CT molecular complexity index is 496. The van der Waals surface area contributed by atoms with Crippen LogP contribution >= 0.6 is 11.3 Å². The molecule has 2 nitrogen and oxygen atoms in total. The smallest absolute Gasteiger partial charge is 0.166 e. The van der Waals surface area contributed by atoms with Gasteiger partial charge in [0.05, 0.1) is 0 Å². The molecule has 16 heavy (non-hydrogen) atoms. The number of hydrogen-bond donors (Lipinski definition) is 2. The fourth-order valence-electron chi connectivity index (χ4n) is 1.38. The second-order valence-corrected chi connectivity index (χ2v) is 4.55. The summed E-state index contributed by atoms with van der Waals surface area (Å²) in [7, 11) is 0. The monoisotopic (exact) mass is 237 g/mol. The maximum atomic E-state index is 13.0. The molecule has 0 aliphatic rings. The number of halogens is 1. The number of thiophene rings is 1. The van der Waals surface area contributed by atoms with Crippen LogP contribution < -0.4 is 5.32 Å². The molecule has 0 saturated carbocycles. The largest absolute Gasteiger partial charge is 0.505 e. The number of benzene rings is 1. The van der Waals surface area contributed by atoms with E-state index in [1.165, 1.54) is 22.6 Å². The van der Waals surface area contributed by atoms with Gasteiger partial charge in [-0.15, -0.1) is 11.3 Å². The molecule has 0 spiro atoms. The van der Waals surface area contributed by atoms with Gasteiger partial charge in [-0.05, 0) is 36.1 Å². The maximum Gasteiger partial charge on any atom is 0.166 e. The number of phenols is 1. The third-order valence-corrected chi connectivity index (χ3v) is 3.39. The van der Waals surface area contributed by atoms with Crippen molar-refractivity contribution >= 4 is 17.0 Å². The minimum Gasteiger partial charge on any atom is -0.505 e. The summed E-state index contributed by atoms with van der Waals surface area (Å²) in [6.07, 6.45) is 0. The third-order valence-electron chi connectivity index (χ3n) is 2.37. The van der Waals surface area contributed by atoms with E-state index < -0.39 is 5.82 Å². The van der Waals surface area contributed by atoms with Crippen molar-refractivity contribution < 1.29 is 9.50 Å². The molecule has 0 amide bonds. The summed E-state index contributed by atoms with van der Waals surface area (Å²) in [5, 5.41) is 14.2. The summed E-state index contributed by atoms with van der Waals surface area (Å²) < 4.78 is 13.0. The molecule has 0 aliphatic heterocycles. The minimum absolute atomic E-state index is 0.321. The molecular formula is C12H12FNOS. The van der Waals surface area contributed by atoms with Gasteiger partial charge in [-0.1, -0.05) is 0 Å². The Morgan fingerprint density at radius 2 is 2.19 bits per heavy atom. The van der Waals surface area contributed by atoms with Gasteiger partial charge in [0.15, 0.2) is 11.6 Å². The highest BCUT2D eigenvalue weighted by atomic mass is 32.1. The van der Waals surface area contributed by atoms with Crippen LogP contribution in [0.25, 0.3) is 0 Å². The van der Waals surface area contributed by atoms with Crippen molar-refractivity contribution in [1.29, 1.82) is 0 Å². The SMILES string of the molecule is Cc1ccsc1CNc1ccc(O)c(F)c1. The van der Waals surface area contributed by atoms with E-state index in [0.29, 0.717) is 12.2 Å². The van der Waals surface area contributed by atoms with Crippen LogP contribution in [-0.4, -0.2) is 5.11 Å². The highest BCUT2D eigenvalue weighted by Gasteiger charge is 2.03. The molecule has 1 aromatic carbocycles. The lowest BCUT2D eigenvalue weighted by molar-refractivity contribution is 0.432. The molecule has 0 atom stereocenters. The maximum absolute atomic E-state index is 13.0. The van der Waals surface area contributed by atoms with E-state index in [-0.39, 0.29) is 5.75 Å². The van der Waals surface area contributed by atoms with Gasteiger partial charge < -0.3 is 10.4 Å². The average molecular weight is 237 g/mol. The number of aromatic hydroxyl groups is 1. The Kier molecular flexibility index (Phi) is 3.10. The van der Waals surface area contributed by atoms with Gasteiger partial charge in [-0.25, -0.2) is 4.39 Å². The summed E-state index contributed by atoms with van der Waals surface area (Å²) >= 11 is 1.67. The molecule has 0 radical (unpaired) electrons. The van der Waals surface area contributed by atoms with Gasteiger partial charge >= 0.3 is 0 Å². The Morgan fingerprint density at radius 3 is 2.81 bits per heavy atom. The van der Waals surface area contributed by atoms with Crippen LogP contribution in [-0.2, 0) is 6.54 Å². The number of rotatable bonds is 3. The van der Waals surface area contributed by atoms with E-state index in [0.717, 1.165) is 0 Å². The molecule has 0 fully saturated rings. The number of hydrogen-bond acceptors (Lipinski definition) is 3. The molecule has 4 heteroatoms. The van der Waals surface area contributed by atoms with Crippen molar-refractivity contribution in [3.8, 4) is 5.75 Å². The van der Waals surface area contributed by atoms with Gasteiger partial charge in [0.2, 0.25) is 0 Å². The van der Waals surface area contributed by atoms with Crippen molar-refractivity contribution in [2.75, 3.05) is 5.32 Å². The molecule has 2 aromatic rings. The van der Waals surface area contributed by atoms with Crippen LogP contribution in [0.3, 0.4) is 0 Å². The fraction of sp³-hybridized carbons (Fsp3) is 0.167. The van der Waals surface area contributed by atoms with Gasteiger partial charge in [0, 0.05) is 23.2 Å². The number of anilines is 1. The molecule has 0 aliphatic carbocycles. The molecule has 1 heterocycles. The van der Waals surface area contributed by atoms with Crippen LogP contribution in [0.15, 0.2) is 29.6 Å². The zero-order valence-corrected chi connectivity index (χ0v) is 9.64. The lowest BCUT2D eigenvalue weighted by Gasteiger charge is -2.06. The standard InChI is InChI=1S/C12H12FNOS/c1-8-4-5-16-12(8)7-14-9-2-3-11(15)10(13)6-9/h2-6,14-15H,7H2,1H3. The highest BCUT2D eigenvalue weighted by Crippen LogP contribution is 2.21. The molecular weight excluding hydrogens is 225 g/mol. The number of phenolic OH excluding ortho intramolecular Hbond substituents is 1. The van der Waals surface area contributed by atoms with Gasteiger partial charge in [0.25, 0.3) is 0 Å². The second kappa shape index (κ2) is 4.53. The molecule has 0 saturated heterocycles. The van der Waals surface area contributed by atoms with E-state index in [1.54, 1.807) is 17.4 Å². The molecule has 2 N–H and O–H groups in total. The third kappa shape index (κ3) is 2.33. The normalized spacial score (nSPS) is 10.4. The van der Waals surface area contributed by atoms with Crippen LogP contribution in [0.4, 0.5) is 10.1 Å². The Hall–Kier alpha value is -1.55. The topological polar surface area (TPSA) is 32.3 Å². The fourth-order valence-corrected chi connectivity index (χ4v) is 2.23. The number of nitrogens with one attached hydrogen (secondary N) is 1. The van der Waals surface area contributed by atoms with Gasteiger partial charge in [-0.3, -0.25) is 0 Å². The van der Waals surface area contributed by atoms with Crippen LogP contribution in [0.2, 0.25) is 0 Å². The highest BCUT2D eigenvalue weighted by molar-refractivity contribution is 7.10. The zero-order valence-electron chi connectivity index (χ0n) is 8.83. The predicted molar refractivity (Wildman–Crippen MR) is 64.4 cm³/mol. The lowest BCUT2D eigenvalue weighted by Crippen LogP contribution is -1.98. The van der Waals surface area contributed by atoms with E-state index in [9.17, 15) is 4.39 Å². The second-order valence-electron chi connectivity index (χ2n) is 3.55. The first kappa shape index (κ1) is 11.0. The summed E-state index contributed by atoms with van der Waals surface area (Å²) in [5.74, 6) is -0.925. The summed E-state index contributed by atoms with van der Waals surface area (Å²) in [6, 6.07) is 6.34. The van der Waals surface area contributed by atoms with Crippen molar-refractivity contribution in [3.63, 3.8) is 0 Å². The first-order valence-corrected chi connectivity index (χ1v) is 5.80. The Labute approximate surface area is 97.4 Å². The van der Waals surface area contributed by atoms with Gasteiger partial charge in [-0.2, -0.15) is 0 Å². The molecule has 2 rings (SSSR count).